The molecule has 2 rings (SSSR count). The fourth-order valence-electron chi connectivity index (χ4n) is 2.09. The zero-order valence-electron chi connectivity index (χ0n) is 10.4. The highest BCUT2D eigenvalue weighted by Gasteiger charge is 2.14. The average molecular weight is 306 g/mol. The van der Waals surface area contributed by atoms with E-state index in [1.807, 2.05) is 12.1 Å². The third-order valence-corrected chi connectivity index (χ3v) is 3.26. The molecule has 0 fully saturated rings. The lowest BCUT2D eigenvalue weighted by Crippen LogP contribution is -2.29. The smallest absolute Gasteiger partial charge is 0.0881 e. The molecule has 3 nitrogen and oxygen atoms in total. The Morgan fingerprint density at radius 3 is 2.33 bits per heavy atom. The lowest BCUT2D eigenvalue weighted by molar-refractivity contribution is 0.620. The second kappa shape index (κ2) is 5.61. The predicted molar refractivity (Wildman–Crippen MR) is 77.0 cm³/mol. The van der Waals surface area contributed by atoms with Gasteiger partial charge in [0.1, 0.15) is 0 Å². The summed E-state index contributed by atoms with van der Waals surface area (Å²) < 4.78 is 0.961. The first-order chi connectivity index (χ1) is 8.60. The normalized spacial score (nSPS) is 12.4. The molecule has 18 heavy (non-hydrogen) atoms. The fraction of sp³-hybridized carbons (Fsp3) is 0.214. The Morgan fingerprint density at radius 1 is 1.17 bits per heavy atom. The first kappa shape index (κ1) is 13.2. The number of halogens is 1. The molecule has 1 aromatic heterocycles. The van der Waals surface area contributed by atoms with Crippen LogP contribution >= 0.6 is 15.9 Å². The Morgan fingerprint density at radius 2 is 1.83 bits per heavy atom. The maximum absolute atomic E-state index is 5.67. The Bertz CT molecular complexity index is 517. The highest BCUT2D eigenvalue weighted by atomic mass is 79.9. The molecule has 3 N–H and O–H groups in total. The van der Waals surface area contributed by atoms with Gasteiger partial charge in [-0.25, -0.2) is 5.43 Å². The quantitative estimate of drug-likeness (QED) is 0.677. The topological polar surface area (TPSA) is 50.9 Å². The maximum Gasteiger partial charge on any atom is 0.0881 e. The summed E-state index contributed by atoms with van der Waals surface area (Å²) in [6.45, 7) is 4.16. The molecule has 1 heterocycles. The van der Waals surface area contributed by atoms with Crippen LogP contribution in [0.5, 0.6) is 0 Å². The molecule has 1 atom stereocenters. The lowest BCUT2D eigenvalue weighted by atomic mass is 9.99. The van der Waals surface area contributed by atoms with Crippen molar-refractivity contribution in [2.75, 3.05) is 0 Å². The van der Waals surface area contributed by atoms with Crippen molar-refractivity contribution in [1.82, 2.24) is 10.4 Å². The minimum Gasteiger partial charge on any atom is -0.271 e. The Labute approximate surface area is 116 Å². The predicted octanol–water partition coefficient (Wildman–Crippen LogP) is 3.01. The highest BCUT2D eigenvalue weighted by Crippen LogP contribution is 2.22. The molecule has 94 valence electrons. The van der Waals surface area contributed by atoms with Crippen LogP contribution in [0.2, 0.25) is 0 Å². The molecule has 0 aliphatic carbocycles. The Kier molecular flexibility index (Phi) is 4.11. The monoisotopic (exact) mass is 305 g/mol. The molecule has 0 aliphatic heterocycles. The van der Waals surface area contributed by atoms with Gasteiger partial charge >= 0.3 is 0 Å². The Hall–Kier alpha value is -1.23. The number of aryl methyl sites for hydroxylation is 2. The van der Waals surface area contributed by atoms with E-state index in [0.29, 0.717) is 0 Å². The van der Waals surface area contributed by atoms with Gasteiger partial charge in [-0.3, -0.25) is 10.8 Å². The van der Waals surface area contributed by atoms with Crippen LogP contribution in [-0.4, -0.2) is 4.98 Å². The summed E-state index contributed by atoms with van der Waals surface area (Å²) >= 11 is 3.38. The number of hydrogen-bond acceptors (Lipinski definition) is 3. The molecule has 0 bridgehead atoms. The van der Waals surface area contributed by atoms with Crippen LogP contribution in [-0.2, 0) is 0 Å². The summed E-state index contributed by atoms with van der Waals surface area (Å²) in [5.74, 6) is 5.67. The van der Waals surface area contributed by atoms with E-state index in [-0.39, 0.29) is 6.04 Å². The third kappa shape index (κ3) is 2.96. The highest BCUT2D eigenvalue weighted by molar-refractivity contribution is 9.10. The molecule has 1 unspecified atom stereocenters. The summed E-state index contributed by atoms with van der Waals surface area (Å²) in [6, 6.07) is 10.2. The summed E-state index contributed by atoms with van der Waals surface area (Å²) in [5.41, 5.74) is 7.32. The zero-order valence-corrected chi connectivity index (χ0v) is 12.0. The standard InChI is InChI=1S/C14H16BrN3/c1-9-5-10(2)7-11(6-9)14(18-16)13-4-3-12(15)8-17-13/h3-8,14,18H,16H2,1-2H3. The summed E-state index contributed by atoms with van der Waals surface area (Å²) in [7, 11) is 0. The van der Waals surface area contributed by atoms with Gasteiger partial charge in [0.15, 0.2) is 0 Å². The first-order valence-electron chi connectivity index (χ1n) is 5.76. The van der Waals surface area contributed by atoms with Crippen molar-refractivity contribution in [3.8, 4) is 0 Å². The van der Waals surface area contributed by atoms with E-state index in [4.69, 9.17) is 5.84 Å². The number of benzene rings is 1. The lowest BCUT2D eigenvalue weighted by Gasteiger charge is -2.17. The van der Waals surface area contributed by atoms with Gasteiger partial charge in [0.25, 0.3) is 0 Å². The van der Waals surface area contributed by atoms with E-state index in [0.717, 1.165) is 15.7 Å². The third-order valence-electron chi connectivity index (χ3n) is 2.79. The van der Waals surface area contributed by atoms with Crippen molar-refractivity contribution in [3.05, 3.63) is 63.4 Å². The van der Waals surface area contributed by atoms with Gasteiger partial charge in [-0.05, 0) is 47.5 Å². The van der Waals surface area contributed by atoms with Crippen molar-refractivity contribution in [2.45, 2.75) is 19.9 Å². The molecule has 0 aliphatic rings. The minimum absolute atomic E-state index is 0.0864. The number of aromatic nitrogens is 1. The van der Waals surface area contributed by atoms with Crippen LogP contribution in [0.15, 0.2) is 41.0 Å². The van der Waals surface area contributed by atoms with Gasteiger partial charge in [0.05, 0.1) is 11.7 Å². The fourth-order valence-corrected chi connectivity index (χ4v) is 2.32. The van der Waals surface area contributed by atoms with Crippen molar-refractivity contribution in [1.29, 1.82) is 0 Å². The van der Waals surface area contributed by atoms with E-state index in [1.54, 1.807) is 6.20 Å². The van der Waals surface area contributed by atoms with E-state index >= 15 is 0 Å². The molecular weight excluding hydrogens is 290 g/mol. The van der Waals surface area contributed by atoms with Crippen LogP contribution in [0.3, 0.4) is 0 Å². The molecule has 2 aromatic rings. The van der Waals surface area contributed by atoms with E-state index < -0.39 is 0 Å². The van der Waals surface area contributed by atoms with Crippen LogP contribution in [0.1, 0.15) is 28.4 Å². The number of hydrazine groups is 1. The van der Waals surface area contributed by atoms with Crippen molar-refractivity contribution < 1.29 is 0 Å². The van der Waals surface area contributed by atoms with Crippen LogP contribution in [0, 0.1) is 13.8 Å². The largest absolute Gasteiger partial charge is 0.271 e. The molecular formula is C14H16BrN3. The van der Waals surface area contributed by atoms with Gasteiger partial charge in [0.2, 0.25) is 0 Å². The number of nitrogens with two attached hydrogens (primary N) is 1. The van der Waals surface area contributed by atoms with E-state index in [9.17, 15) is 0 Å². The van der Waals surface area contributed by atoms with Gasteiger partial charge in [-0.15, -0.1) is 0 Å². The van der Waals surface area contributed by atoms with E-state index in [1.165, 1.54) is 11.1 Å². The molecule has 0 spiro atoms. The first-order valence-corrected chi connectivity index (χ1v) is 6.55. The van der Waals surface area contributed by atoms with E-state index in [2.05, 4.69) is 58.4 Å². The maximum atomic E-state index is 5.67. The van der Waals surface area contributed by atoms with Crippen LogP contribution in [0.25, 0.3) is 0 Å². The number of pyridine rings is 1. The summed E-state index contributed by atoms with van der Waals surface area (Å²) in [4.78, 5) is 4.40. The van der Waals surface area contributed by atoms with Crippen LogP contribution in [0.4, 0.5) is 0 Å². The number of rotatable bonds is 3. The molecule has 0 saturated heterocycles. The second-order valence-electron chi connectivity index (χ2n) is 4.42. The Balaban J connectivity index is 2.41. The van der Waals surface area contributed by atoms with Crippen molar-refractivity contribution >= 4 is 15.9 Å². The van der Waals surface area contributed by atoms with Crippen molar-refractivity contribution in [2.24, 2.45) is 5.84 Å². The van der Waals surface area contributed by atoms with Crippen LogP contribution < -0.4 is 11.3 Å². The summed E-state index contributed by atoms with van der Waals surface area (Å²) in [5, 5.41) is 0. The van der Waals surface area contributed by atoms with Crippen molar-refractivity contribution in [3.63, 3.8) is 0 Å². The molecule has 0 radical (unpaired) electrons. The molecule has 4 heteroatoms. The zero-order chi connectivity index (χ0) is 13.1. The average Bonchev–Trinajstić information content (AvgIpc) is 2.31. The van der Waals surface area contributed by atoms with Gasteiger partial charge in [-0.2, -0.15) is 0 Å². The molecule has 0 saturated carbocycles. The minimum atomic E-state index is -0.0864. The second-order valence-corrected chi connectivity index (χ2v) is 5.34. The SMILES string of the molecule is Cc1cc(C)cc(C(NN)c2ccc(Br)cn2)c1. The number of hydrogen-bond donors (Lipinski definition) is 2. The number of nitrogens with zero attached hydrogens (tertiary/aromatic N) is 1. The molecule has 1 aromatic carbocycles. The van der Waals surface area contributed by atoms with Gasteiger partial charge in [0, 0.05) is 10.7 Å². The van der Waals surface area contributed by atoms with Gasteiger partial charge < -0.3 is 0 Å². The number of nitrogens with one attached hydrogen (secondary N) is 1. The summed E-state index contributed by atoms with van der Waals surface area (Å²) in [6.07, 6.45) is 1.78. The molecule has 0 amide bonds. The van der Waals surface area contributed by atoms with Gasteiger partial charge in [-0.1, -0.05) is 29.3 Å².